The quantitative estimate of drug-likeness (QED) is 0.462. The van der Waals surface area contributed by atoms with E-state index in [1.54, 1.807) is 18.2 Å². The van der Waals surface area contributed by atoms with Gasteiger partial charge in [-0.05, 0) is 34.0 Å². The average molecular weight is 378 g/mol. The standard InChI is InChI=1S/C11H10Br2N2O3/c12-5-7-4-10(16)14(6-7)9-3-1-2-8(13)11(9)15(17)18/h1-3,7H,4-6H2. The van der Waals surface area contributed by atoms with Gasteiger partial charge in [-0.25, -0.2) is 0 Å². The van der Waals surface area contributed by atoms with Crippen molar-refractivity contribution in [3.63, 3.8) is 0 Å². The van der Waals surface area contributed by atoms with E-state index in [-0.39, 0.29) is 17.5 Å². The van der Waals surface area contributed by atoms with Crippen molar-refractivity contribution in [1.29, 1.82) is 0 Å². The molecule has 1 atom stereocenters. The number of rotatable bonds is 3. The number of nitro benzene ring substituents is 1. The molecule has 1 amide bonds. The number of carbonyl (C=O) groups excluding carboxylic acids is 1. The summed E-state index contributed by atoms with van der Waals surface area (Å²) in [4.78, 5) is 24.0. The van der Waals surface area contributed by atoms with E-state index in [0.29, 0.717) is 23.1 Å². The van der Waals surface area contributed by atoms with Crippen LogP contribution in [0.1, 0.15) is 6.42 Å². The number of nitro groups is 1. The Labute approximate surface area is 121 Å². The maximum atomic E-state index is 11.9. The number of carbonyl (C=O) groups is 1. The van der Waals surface area contributed by atoms with Gasteiger partial charge in [0.25, 0.3) is 0 Å². The molecule has 96 valence electrons. The number of amides is 1. The van der Waals surface area contributed by atoms with E-state index in [0.717, 1.165) is 5.33 Å². The number of benzene rings is 1. The van der Waals surface area contributed by atoms with Crippen molar-refractivity contribution in [2.75, 3.05) is 16.8 Å². The third kappa shape index (κ3) is 2.42. The Bertz CT molecular complexity index is 507. The Morgan fingerprint density at radius 1 is 1.50 bits per heavy atom. The van der Waals surface area contributed by atoms with E-state index < -0.39 is 4.92 Å². The molecular weight excluding hydrogens is 368 g/mol. The molecule has 0 spiro atoms. The van der Waals surface area contributed by atoms with Crippen LogP contribution in [0.25, 0.3) is 0 Å². The second-order valence-electron chi connectivity index (χ2n) is 4.09. The molecule has 1 aliphatic rings. The normalized spacial score (nSPS) is 19.3. The average Bonchev–Trinajstić information content (AvgIpc) is 2.69. The molecule has 18 heavy (non-hydrogen) atoms. The maximum absolute atomic E-state index is 11.9. The van der Waals surface area contributed by atoms with Crippen LogP contribution in [-0.4, -0.2) is 22.7 Å². The lowest BCUT2D eigenvalue weighted by atomic mass is 10.2. The van der Waals surface area contributed by atoms with Crippen molar-refractivity contribution >= 4 is 49.1 Å². The molecule has 1 unspecified atom stereocenters. The van der Waals surface area contributed by atoms with Crippen LogP contribution in [0.15, 0.2) is 22.7 Å². The van der Waals surface area contributed by atoms with Crippen molar-refractivity contribution in [1.82, 2.24) is 0 Å². The highest BCUT2D eigenvalue weighted by atomic mass is 79.9. The first-order chi connectivity index (χ1) is 8.54. The summed E-state index contributed by atoms with van der Waals surface area (Å²) < 4.78 is 0.389. The molecule has 0 saturated carbocycles. The summed E-state index contributed by atoms with van der Waals surface area (Å²) in [5.41, 5.74) is 0.309. The van der Waals surface area contributed by atoms with Crippen molar-refractivity contribution in [3.8, 4) is 0 Å². The monoisotopic (exact) mass is 376 g/mol. The first-order valence-electron chi connectivity index (χ1n) is 5.33. The van der Waals surface area contributed by atoms with Crippen LogP contribution >= 0.6 is 31.9 Å². The van der Waals surface area contributed by atoms with E-state index in [4.69, 9.17) is 0 Å². The van der Waals surface area contributed by atoms with Crippen molar-refractivity contribution in [2.24, 2.45) is 5.92 Å². The van der Waals surface area contributed by atoms with Gasteiger partial charge < -0.3 is 4.90 Å². The number of alkyl halides is 1. The molecular formula is C11H10Br2N2O3. The summed E-state index contributed by atoms with van der Waals surface area (Å²) in [5.74, 6) is 0.136. The molecule has 0 N–H and O–H groups in total. The van der Waals surface area contributed by atoms with E-state index in [9.17, 15) is 14.9 Å². The molecule has 0 bridgehead atoms. The topological polar surface area (TPSA) is 63.5 Å². The molecule has 5 nitrogen and oxygen atoms in total. The summed E-state index contributed by atoms with van der Waals surface area (Å²) in [6, 6.07) is 4.91. The zero-order valence-corrected chi connectivity index (χ0v) is 12.5. The zero-order valence-electron chi connectivity index (χ0n) is 9.31. The van der Waals surface area contributed by atoms with Crippen LogP contribution in [0.2, 0.25) is 0 Å². The lowest BCUT2D eigenvalue weighted by Gasteiger charge is -2.16. The van der Waals surface area contributed by atoms with Gasteiger partial charge in [-0.1, -0.05) is 22.0 Å². The van der Waals surface area contributed by atoms with Gasteiger partial charge >= 0.3 is 5.69 Å². The van der Waals surface area contributed by atoms with Gasteiger partial charge in [0, 0.05) is 18.3 Å². The minimum Gasteiger partial charge on any atom is -0.306 e. The van der Waals surface area contributed by atoms with Gasteiger partial charge in [-0.3, -0.25) is 14.9 Å². The van der Waals surface area contributed by atoms with Crippen LogP contribution in [0.3, 0.4) is 0 Å². The van der Waals surface area contributed by atoms with Gasteiger partial charge in [0.2, 0.25) is 5.91 Å². The number of hydrogen-bond acceptors (Lipinski definition) is 3. The molecule has 1 heterocycles. The Morgan fingerprint density at radius 3 is 2.78 bits per heavy atom. The number of anilines is 1. The summed E-state index contributed by atoms with van der Waals surface area (Å²) in [6.45, 7) is 0.515. The molecule has 7 heteroatoms. The molecule has 2 rings (SSSR count). The van der Waals surface area contributed by atoms with Crippen molar-refractivity contribution < 1.29 is 9.72 Å². The van der Waals surface area contributed by atoms with Crippen LogP contribution in [0.4, 0.5) is 11.4 Å². The van der Waals surface area contributed by atoms with E-state index in [2.05, 4.69) is 31.9 Å². The Kier molecular flexibility index (Phi) is 4.01. The Morgan fingerprint density at radius 2 is 2.22 bits per heavy atom. The highest BCUT2D eigenvalue weighted by molar-refractivity contribution is 9.10. The summed E-state index contributed by atoms with van der Waals surface area (Å²) in [6.07, 6.45) is 0.426. The molecule has 1 aliphatic heterocycles. The second kappa shape index (κ2) is 5.36. The van der Waals surface area contributed by atoms with Crippen molar-refractivity contribution in [3.05, 3.63) is 32.8 Å². The zero-order chi connectivity index (χ0) is 13.3. The molecule has 0 aromatic heterocycles. The highest BCUT2D eigenvalue weighted by Crippen LogP contribution is 2.38. The molecule has 1 aromatic carbocycles. The maximum Gasteiger partial charge on any atom is 0.307 e. The third-order valence-corrected chi connectivity index (χ3v) is 4.42. The van der Waals surface area contributed by atoms with Gasteiger partial charge in [-0.15, -0.1) is 0 Å². The molecule has 1 saturated heterocycles. The molecule has 0 aliphatic carbocycles. The van der Waals surface area contributed by atoms with Crippen molar-refractivity contribution in [2.45, 2.75) is 6.42 Å². The first-order valence-corrected chi connectivity index (χ1v) is 7.25. The largest absolute Gasteiger partial charge is 0.307 e. The van der Waals surface area contributed by atoms with Gasteiger partial charge in [0.05, 0.1) is 9.40 Å². The predicted octanol–water partition coefficient (Wildman–Crippen LogP) is 3.11. The summed E-state index contributed by atoms with van der Waals surface area (Å²) in [7, 11) is 0. The van der Waals surface area contributed by atoms with Crippen LogP contribution in [-0.2, 0) is 4.79 Å². The van der Waals surface area contributed by atoms with Crippen LogP contribution in [0, 0.1) is 16.0 Å². The fraction of sp³-hybridized carbons (Fsp3) is 0.364. The molecule has 1 aromatic rings. The second-order valence-corrected chi connectivity index (χ2v) is 5.60. The fourth-order valence-electron chi connectivity index (χ4n) is 2.02. The van der Waals surface area contributed by atoms with E-state index in [1.807, 2.05) is 0 Å². The fourth-order valence-corrected chi connectivity index (χ4v) is 2.95. The lowest BCUT2D eigenvalue weighted by Crippen LogP contribution is -2.25. The summed E-state index contributed by atoms with van der Waals surface area (Å²) in [5, 5.41) is 11.8. The number of nitrogens with zero attached hydrogens (tertiary/aromatic N) is 2. The SMILES string of the molecule is O=C1CC(CBr)CN1c1cccc(Br)c1[N+](=O)[O-]. The number of halogens is 2. The number of para-hydroxylation sites is 1. The highest BCUT2D eigenvalue weighted by Gasteiger charge is 2.34. The van der Waals surface area contributed by atoms with Gasteiger partial charge in [0.1, 0.15) is 5.69 Å². The number of hydrogen-bond donors (Lipinski definition) is 0. The van der Waals surface area contributed by atoms with E-state index >= 15 is 0 Å². The summed E-state index contributed by atoms with van der Waals surface area (Å²) >= 11 is 6.50. The Balaban J connectivity index is 2.43. The first kappa shape index (κ1) is 13.5. The minimum absolute atomic E-state index is 0.0546. The van der Waals surface area contributed by atoms with Crippen LogP contribution in [0.5, 0.6) is 0 Å². The minimum atomic E-state index is -0.464. The molecule has 0 radical (unpaired) electrons. The molecule has 1 fully saturated rings. The van der Waals surface area contributed by atoms with Gasteiger partial charge in [0.15, 0.2) is 0 Å². The lowest BCUT2D eigenvalue weighted by molar-refractivity contribution is -0.384. The third-order valence-electron chi connectivity index (χ3n) is 2.86. The smallest absolute Gasteiger partial charge is 0.306 e. The predicted molar refractivity (Wildman–Crippen MR) is 75.1 cm³/mol. The van der Waals surface area contributed by atoms with E-state index in [1.165, 1.54) is 4.90 Å². The Hall–Kier alpha value is -0.950. The van der Waals surface area contributed by atoms with Crippen LogP contribution < -0.4 is 4.90 Å². The van der Waals surface area contributed by atoms with Gasteiger partial charge in [-0.2, -0.15) is 0 Å².